The van der Waals surface area contributed by atoms with Crippen LogP contribution >= 0.6 is 11.3 Å². The van der Waals surface area contributed by atoms with Crippen LogP contribution in [-0.4, -0.2) is 23.1 Å². The Kier molecular flexibility index (Phi) is 3.05. The van der Waals surface area contributed by atoms with E-state index in [1.807, 2.05) is 30.7 Å². The first-order valence-corrected chi connectivity index (χ1v) is 6.86. The van der Waals surface area contributed by atoms with E-state index in [1.165, 1.54) is 29.7 Å². The number of piperidine rings is 1. The van der Waals surface area contributed by atoms with E-state index in [0.717, 1.165) is 18.2 Å². The lowest BCUT2D eigenvalue weighted by molar-refractivity contribution is 0.577. The zero-order chi connectivity index (χ0) is 11.5. The molecule has 0 N–H and O–H groups in total. The van der Waals surface area contributed by atoms with Crippen molar-refractivity contribution in [2.24, 2.45) is 0 Å². The average Bonchev–Trinajstić information content (AvgIpc) is 2.90. The molecular weight excluding hydrogens is 230 g/mol. The Labute approximate surface area is 105 Å². The molecular formula is C13H15N3S. The number of anilines is 1. The molecule has 1 aliphatic rings. The molecule has 1 aliphatic heterocycles. The first kappa shape index (κ1) is 10.7. The van der Waals surface area contributed by atoms with E-state index < -0.39 is 0 Å². The number of rotatable bonds is 2. The molecule has 3 rings (SSSR count). The van der Waals surface area contributed by atoms with Gasteiger partial charge in [-0.05, 0) is 37.0 Å². The minimum Gasteiger partial charge on any atom is -0.348 e. The number of hydrogen-bond acceptors (Lipinski definition) is 4. The molecule has 0 unspecified atom stereocenters. The molecule has 0 atom stereocenters. The SMILES string of the molecule is c1cc(-c2cnc(N3CCCCC3)s2)ccn1. The van der Waals surface area contributed by atoms with Gasteiger partial charge in [0.05, 0.1) is 4.88 Å². The minimum absolute atomic E-state index is 1.16. The highest BCUT2D eigenvalue weighted by molar-refractivity contribution is 7.18. The molecule has 2 aromatic rings. The Morgan fingerprint density at radius 3 is 2.59 bits per heavy atom. The van der Waals surface area contributed by atoms with E-state index in [2.05, 4.69) is 14.9 Å². The second-order valence-corrected chi connectivity index (χ2v) is 5.30. The van der Waals surface area contributed by atoms with E-state index in [4.69, 9.17) is 0 Å². The zero-order valence-corrected chi connectivity index (χ0v) is 10.5. The Morgan fingerprint density at radius 2 is 1.82 bits per heavy atom. The predicted molar refractivity (Wildman–Crippen MR) is 71.4 cm³/mol. The van der Waals surface area contributed by atoms with Crippen LogP contribution in [-0.2, 0) is 0 Å². The topological polar surface area (TPSA) is 29.0 Å². The standard InChI is InChI=1S/C13H15N3S/c1-2-8-16(9-3-1)13-15-10-12(17-13)11-4-6-14-7-5-11/h4-7,10H,1-3,8-9H2. The lowest BCUT2D eigenvalue weighted by Gasteiger charge is -2.25. The number of pyridine rings is 1. The van der Waals surface area contributed by atoms with Crippen LogP contribution in [0.5, 0.6) is 0 Å². The lowest BCUT2D eigenvalue weighted by atomic mass is 10.1. The van der Waals surface area contributed by atoms with Crippen molar-refractivity contribution in [3.05, 3.63) is 30.7 Å². The Balaban J connectivity index is 1.83. The molecule has 17 heavy (non-hydrogen) atoms. The third kappa shape index (κ3) is 2.31. The number of hydrogen-bond donors (Lipinski definition) is 0. The zero-order valence-electron chi connectivity index (χ0n) is 9.67. The fourth-order valence-corrected chi connectivity index (χ4v) is 3.12. The monoisotopic (exact) mass is 245 g/mol. The van der Waals surface area contributed by atoms with Gasteiger partial charge in [0.15, 0.2) is 5.13 Å². The molecule has 0 radical (unpaired) electrons. The molecule has 0 saturated carbocycles. The van der Waals surface area contributed by atoms with Crippen molar-refractivity contribution in [1.29, 1.82) is 0 Å². The van der Waals surface area contributed by atoms with Crippen LogP contribution < -0.4 is 4.90 Å². The van der Waals surface area contributed by atoms with Gasteiger partial charge in [0.25, 0.3) is 0 Å². The van der Waals surface area contributed by atoms with Gasteiger partial charge in [0, 0.05) is 31.7 Å². The second-order valence-electron chi connectivity index (χ2n) is 4.29. The smallest absolute Gasteiger partial charge is 0.185 e. The van der Waals surface area contributed by atoms with Crippen molar-refractivity contribution in [2.75, 3.05) is 18.0 Å². The largest absolute Gasteiger partial charge is 0.348 e. The second kappa shape index (κ2) is 4.84. The van der Waals surface area contributed by atoms with Gasteiger partial charge in [-0.15, -0.1) is 0 Å². The normalized spacial score (nSPS) is 16.1. The highest BCUT2D eigenvalue weighted by Gasteiger charge is 2.14. The number of aromatic nitrogens is 2. The average molecular weight is 245 g/mol. The van der Waals surface area contributed by atoms with Crippen LogP contribution in [0.3, 0.4) is 0 Å². The summed E-state index contributed by atoms with van der Waals surface area (Å²) in [5.41, 5.74) is 1.21. The molecule has 0 amide bonds. The van der Waals surface area contributed by atoms with E-state index >= 15 is 0 Å². The third-order valence-electron chi connectivity index (χ3n) is 3.08. The highest BCUT2D eigenvalue weighted by atomic mass is 32.1. The van der Waals surface area contributed by atoms with Gasteiger partial charge in [-0.3, -0.25) is 4.98 Å². The quantitative estimate of drug-likeness (QED) is 0.813. The van der Waals surface area contributed by atoms with Gasteiger partial charge in [0.2, 0.25) is 0 Å². The van der Waals surface area contributed by atoms with E-state index in [0.29, 0.717) is 0 Å². The molecule has 3 nitrogen and oxygen atoms in total. The lowest BCUT2D eigenvalue weighted by Crippen LogP contribution is -2.29. The summed E-state index contributed by atoms with van der Waals surface area (Å²) >= 11 is 1.78. The van der Waals surface area contributed by atoms with Crippen molar-refractivity contribution in [3.8, 4) is 10.4 Å². The van der Waals surface area contributed by atoms with E-state index in [9.17, 15) is 0 Å². The third-order valence-corrected chi connectivity index (χ3v) is 4.19. The molecule has 0 spiro atoms. The number of thiazole rings is 1. The summed E-state index contributed by atoms with van der Waals surface area (Å²) in [5.74, 6) is 0. The van der Waals surface area contributed by atoms with Gasteiger partial charge in [0.1, 0.15) is 0 Å². The van der Waals surface area contributed by atoms with E-state index in [-0.39, 0.29) is 0 Å². The van der Waals surface area contributed by atoms with Crippen LogP contribution in [0.25, 0.3) is 10.4 Å². The molecule has 3 heterocycles. The molecule has 0 bridgehead atoms. The van der Waals surface area contributed by atoms with Crippen LogP contribution in [0.15, 0.2) is 30.7 Å². The summed E-state index contributed by atoms with van der Waals surface area (Å²) in [6.45, 7) is 2.31. The number of nitrogens with zero attached hydrogens (tertiary/aromatic N) is 3. The fraction of sp³-hybridized carbons (Fsp3) is 0.385. The minimum atomic E-state index is 1.16. The molecule has 4 heteroatoms. The molecule has 0 aliphatic carbocycles. The Hall–Kier alpha value is -1.42. The predicted octanol–water partition coefficient (Wildman–Crippen LogP) is 3.20. The van der Waals surface area contributed by atoms with Gasteiger partial charge in [-0.25, -0.2) is 4.98 Å². The molecule has 2 aromatic heterocycles. The van der Waals surface area contributed by atoms with Crippen molar-refractivity contribution in [2.45, 2.75) is 19.3 Å². The van der Waals surface area contributed by atoms with Gasteiger partial charge >= 0.3 is 0 Å². The van der Waals surface area contributed by atoms with Gasteiger partial charge < -0.3 is 4.90 Å². The van der Waals surface area contributed by atoms with Crippen molar-refractivity contribution in [3.63, 3.8) is 0 Å². The first-order valence-electron chi connectivity index (χ1n) is 6.05. The maximum atomic E-state index is 4.54. The summed E-state index contributed by atoms with van der Waals surface area (Å²) in [7, 11) is 0. The van der Waals surface area contributed by atoms with Crippen molar-refractivity contribution < 1.29 is 0 Å². The van der Waals surface area contributed by atoms with Crippen LogP contribution in [0, 0.1) is 0 Å². The first-order chi connectivity index (χ1) is 8.43. The summed E-state index contributed by atoms with van der Waals surface area (Å²) in [4.78, 5) is 12.2. The maximum absolute atomic E-state index is 4.54. The Bertz CT molecular complexity index is 474. The maximum Gasteiger partial charge on any atom is 0.185 e. The van der Waals surface area contributed by atoms with Crippen LogP contribution in [0.4, 0.5) is 5.13 Å². The Morgan fingerprint density at radius 1 is 1.06 bits per heavy atom. The van der Waals surface area contributed by atoms with Gasteiger partial charge in [-0.2, -0.15) is 0 Å². The van der Waals surface area contributed by atoms with Crippen molar-refractivity contribution >= 4 is 16.5 Å². The molecule has 0 aromatic carbocycles. The summed E-state index contributed by atoms with van der Waals surface area (Å²) in [5, 5.41) is 1.16. The highest BCUT2D eigenvalue weighted by Crippen LogP contribution is 2.31. The summed E-state index contributed by atoms with van der Waals surface area (Å²) < 4.78 is 0. The molecule has 1 fully saturated rings. The van der Waals surface area contributed by atoms with E-state index in [1.54, 1.807) is 11.3 Å². The summed E-state index contributed by atoms with van der Waals surface area (Å²) in [6.07, 6.45) is 9.59. The van der Waals surface area contributed by atoms with Gasteiger partial charge in [-0.1, -0.05) is 11.3 Å². The van der Waals surface area contributed by atoms with Crippen molar-refractivity contribution in [1.82, 2.24) is 9.97 Å². The summed E-state index contributed by atoms with van der Waals surface area (Å²) in [6, 6.07) is 4.07. The fourth-order valence-electron chi connectivity index (χ4n) is 2.15. The molecule has 88 valence electrons. The molecule has 1 saturated heterocycles. The van der Waals surface area contributed by atoms with Crippen LogP contribution in [0.1, 0.15) is 19.3 Å². The van der Waals surface area contributed by atoms with Crippen LogP contribution in [0.2, 0.25) is 0 Å².